The van der Waals surface area contributed by atoms with E-state index < -0.39 is 0 Å². The van der Waals surface area contributed by atoms with Gasteiger partial charge in [0.2, 0.25) is 6.35 Å². The summed E-state index contributed by atoms with van der Waals surface area (Å²) >= 11 is 0. The van der Waals surface area contributed by atoms with Crippen molar-refractivity contribution < 1.29 is 9.47 Å². The van der Waals surface area contributed by atoms with E-state index in [4.69, 9.17) is 9.47 Å². The van der Waals surface area contributed by atoms with Gasteiger partial charge in [-0.15, -0.1) is 0 Å². The van der Waals surface area contributed by atoms with E-state index in [0.29, 0.717) is 13.2 Å². The van der Waals surface area contributed by atoms with Crippen LogP contribution in [0.1, 0.15) is 5.56 Å². The molecule has 0 fully saturated rings. The number of para-hydroxylation sites is 1. The summed E-state index contributed by atoms with van der Waals surface area (Å²) in [6, 6.07) is 7.99. The normalized spacial score (nSPS) is 18.3. The Morgan fingerprint density at radius 3 is 3.07 bits per heavy atom. The molecular weight excluding hydrogens is 192 g/mol. The molecule has 1 aliphatic rings. The first-order chi connectivity index (χ1) is 7.40. The fraction of sp³-hybridized carbons (Fsp3) is 0.364. The maximum absolute atomic E-state index is 5.45. The van der Waals surface area contributed by atoms with E-state index in [0.717, 1.165) is 11.3 Å². The Labute approximate surface area is 88.9 Å². The van der Waals surface area contributed by atoms with Crippen LogP contribution in [0.15, 0.2) is 29.3 Å². The molecule has 0 saturated carbocycles. The number of anilines is 1. The molecule has 15 heavy (non-hydrogen) atoms. The van der Waals surface area contributed by atoms with Crippen LogP contribution in [0.4, 0.5) is 5.69 Å². The Morgan fingerprint density at radius 2 is 2.20 bits per heavy atom. The first kappa shape index (κ1) is 10.1. The van der Waals surface area contributed by atoms with Gasteiger partial charge in [0.15, 0.2) is 0 Å². The molecule has 1 atom stereocenters. The molecule has 1 heterocycles. The fourth-order valence-corrected chi connectivity index (χ4v) is 1.39. The minimum atomic E-state index is -0.296. The number of aliphatic imine (C=N–C) groups is 1. The molecule has 2 rings (SSSR count). The Morgan fingerprint density at radius 1 is 1.33 bits per heavy atom. The first-order valence-electron chi connectivity index (χ1n) is 4.89. The third kappa shape index (κ3) is 2.55. The van der Waals surface area contributed by atoms with E-state index in [1.165, 1.54) is 0 Å². The van der Waals surface area contributed by atoms with Crippen LogP contribution in [0.3, 0.4) is 0 Å². The quantitative estimate of drug-likeness (QED) is 0.759. The standard InChI is InChI=1S/C11H14N2O2/c1-14-6-7-15-11-12-8-9-4-2-3-5-10(9)13-11/h2-5,8,11,13H,6-7H2,1H3. The van der Waals surface area contributed by atoms with Gasteiger partial charge in [-0.25, -0.2) is 4.99 Å². The highest BCUT2D eigenvalue weighted by Gasteiger charge is 2.12. The molecule has 0 saturated heterocycles. The lowest BCUT2D eigenvalue weighted by Crippen LogP contribution is -2.26. The highest BCUT2D eigenvalue weighted by atomic mass is 16.5. The van der Waals surface area contributed by atoms with E-state index in [-0.39, 0.29) is 6.35 Å². The molecule has 0 aromatic heterocycles. The molecule has 80 valence electrons. The monoisotopic (exact) mass is 206 g/mol. The first-order valence-corrected chi connectivity index (χ1v) is 4.89. The zero-order valence-corrected chi connectivity index (χ0v) is 8.64. The molecule has 0 spiro atoms. The Kier molecular flexibility index (Phi) is 3.32. The van der Waals surface area contributed by atoms with Gasteiger partial charge >= 0.3 is 0 Å². The van der Waals surface area contributed by atoms with Crippen molar-refractivity contribution in [2.75, 3.05) is 25.6 Å². The molecular formula is C11H14N2O2. The number of hydrogen-bond donors (Lipinski definition) is 1. The summed E-state index contributed by atoms with van der Waals surface area (Å²) in [5.41, 5.74) is 2.14. The van der Waals surface area contributed by atoms with E-state index >= 15 is 0 Å². The molecule has 1 unspecified atom stereocenters. The van der Waals surface area contributed by atoms with Crippen LogP contribution in [0.2, 0.25) is 0 Å². The van der Waals surface area contributed by atoms with Crippen LogP contribution in [-0.2, 0) is 9.47 Å². The fourth-order valence-electron chi connectivity index (χ4n) is 1.39. The van der Waals surface area contributed by atoms with Crippen LogP contribution >= 0.6 is 0 Å². The minimum absolute atomic E-state index is 0.296. The number of nitrogens with one attached hydrogen (secondary N) is 1. The Hall–Kier alpha value is -1.39. The molecule has 1 aliphatic heterocycles. The predicted molar refractivity (Wildman–Crippen MR) is 59.3 cm³/mol. The maximum Gasteiger partial charge on any atom is 0.225 e. The molecule has 4 nitrogen and oxygen atoms in total. The molecule has 1 aromatic rings. The van der Waals surface area contributed by atoms with Crippen molar-refractivity contribution in [1.82, 2.24) is 0 Å². The van der Waals surface area contributed by atoms with Crippen LogP contribution in [0.25, 0.3) is 0 Å². The molecule has 0 amide bonds. The van der Waals surface area contributed by atoms with Gasteiger partial charge in [0.1, 0.15) is 0 Å². The zero-order valence-electron chi connectivity index (χ0n) is 8.64. The lowest BCUT2D eigenvalue weighted by atomic mass is 10.2. The van der Waals surface area contributed by atoms with Crippen LogP contribution in [0.5, 0.6) is 0 Å². The smallest absolute Gasteiger partial charge is 0.225 e. The van der Waals surface area contributed by atoms with Crippen molar-refractivity contribution in [3.63, 3.8) is 0 Å². The number of benzene rings is 1. The third-order valence-corrected chi connectivity index (χ3v) is 2.15. The predicted octanol–water partition coefficient (Wildman–Crippen LogP) is 1.48. The van der Waals surface area contributed by atoms with Crippen LogP contribution in [0, 0.1) is 0 Å². The topological polar surface area (TPSA) is 42.9 Å². The summed E-state index contributed by atoms with van der Waals surface area (Å²) in [4.78, 5) is 4.23. The summed E-state index contributed by atoms with van der Waals surface area (Å²) in [5.74, 6) is 0. The molecule has 0 aliphatic carbocycles. The number of hydrogen-bond acceptors (Lipinski definition) is 4. The maximum atomic E-state index is 5.45. The summed E-state index contributed by atoms with van der Waals surface area (Å²) in [6.07, 6.45) is 1.53. The van der Waals surface area contributed by atoms with Gasteiger partial charge < -0.3 is 14.8 Å². The molecule has 1 N–H and O–H groups in total. The molecule has 1 aromatic carbocycles. The van der Waals surface area contributed by atoms with Crippen molar-refractivity contribution in [3.8, 4) is 0 Å². The SMILES string of the molecule is COCCOC1N=Cc2ccccc2N1. The lowest BCUT2D eigenvalue weighted by Gasteiger charge is -2.21. The van der Waals surface area contributed by atoms with E-state index in [1.807, 2.05) is 30.5 Å². The lowest BCUT2D eigenvalue weighted by molar-refractivity contribution is 0.0348. The van der Waals surface area contributed by atoms with Crippen molar-refractivity contribution in [2.45, 2.75) is 6.35 Å². The highest BCUT2D eigenvalue weighted by molar-refractivity contribution is 5.89. The number of rotatable bonds is 4. The second-order valence-electron chi connectivity index (χ2n) is 3.23. The summed E-state index contributed by atoms with van der Waals surface area (Å²) in [5, 5.41) is 3.18. The third-order valence-electron chi connectivity index (χ3n) is 2.15. The van der Waals surface area contributed by atoms with Crippen molar-refractivity contribution in [1.29, 1.82) is 0 Å². The van der Waals surface area contributed by atoms with Crippen molar-refractivity contribution in [2.24, 2.45) is 4.99 Å². The van der Waals surface area contributed by atoms with Gasteiger partial charge in [0.25, 0.3) is 0 Å². The van der Waals surface area contributed by atoms with Crippen molar-refractivity contribution >= 4 is 11.9 Å². The molecule has 0 bridgehead atoms. The van der Waals surface area contributed by atoms with Crippen LogP contribution in [-0.4, -0.2) is 32.9 Å². The average molecular weight is 206 g/mol. The average Bonchev–Trinajstić information content (AvgIpc) is 2.29. The Bertz CT molecular complexity index is 352. The van der Waals surface area contributed by atoms with Gasteiger partial charge in [0.05, 0.1) is 13.2 Å². The number of ether oxygens (including phenoxy) is 2. The van der Waals surface area contributed by atoms with E-state index in [1.54, 1.807) is 7.11 Å². The molecule has 0 radical (unpaired) electrons. The van der Waals surface area contributed by atoms with Gasteiger partial charge in [-0.1, -0.05) is 18.2 Å². The van der Waals surface area contributed by atoms with Crippen LogP contribution < -0.4 is 5.32 Å². The summed E-state index contributed by atoms with van der Waals surface area (Å²) in [6.45, 7) is 1.11. The highest BCUT2D eigenvalue weighted by Crippen LogP contribution is 2.18. The minimum Gasteiger partial charge on any atom is -0.382 e. The number of nitrogens with zero attached hydrogens (tertiary/aromatic N) is 1. The number of methoxy groups -OCH3 is 1. The van der Waals surface area contributed by atoms with E-state index in [2.05, 4.69) is 10.3 Å². The van der Waals surface area contributed by atoms with Gasteiger partial charge in [-0.05, 0) is 6.07 Å². The molecule has 4 heteroatoms. The van der Waals surface area contributed by atoms with Gasteiger partial charge in [-0.2, -0.15) is 0 Å². The largest absolute Gasteiger partial charge is 0.382 e. The second kappa shape index (κ2) is 4.91. The summed E-state index contributed by atoms with van der Waals surface area (Å²) < 4.78 is 10.3. The van der Waals surface area contributed by atoms with Crippen molar-refractivity contribution in [3.05, 3.63) is 29.8 Å². The zero-order chi connectivity index (χ0) is 10.5. The number of fused-ring (bicyclic) bond motifs is 1. The summed E-state index contributed by atoms with van der Waals surface area (Å²) in [7, 11) is 1.65. The Balaban J connectivity index is 1.94. The van der Waals surface area contributed by atoms with Gasteiger partial charge in [0, 0.05) is 24.6 Å². The second-order valence-corrected chi connectivity index (χ2v) is 3.23. The van der Waals surface area contributed by atoms with E-state index in [9.17, 15) is 0 Å². The van der Waals surface area contributed by atoms with Gasteiger partial charge in [-0.3, -0.25) is 0 Å².